The van der Waals surface area contributed by atoms with Crippen molar-refractivity contribution < 1.29 is 14.3 Å². The molecule has 0 aliphatic carbocycles. The molecule has 0 bridgehead atoms. The van der Waals surface area contributed by atoms with E-state index in [0.717, 1.165) is 29.8 Å². The number of anilines is 1. The van der Waals surface area contributed by atoms with E-state index in [2.05, 4.69) is 27.4 Å². The molecular weight excluding hydrogens is 376 g/mol. The Hall–Kier alpha value is -3.00. The van der Waals surface area contributed by atoms with Crippen LogP contribution >= 0.6 is 11.3 Å². The number of carbonyl (C=O) groups is 2. The number of ether oxygens (including phenoxy) is 1. The first-order chi connectivity index (χ1) is 13.5. The number of benzene rings is 1. The highest BCUT2D eigenvalue weighted by Gasteiger charge is 2.14. The summed E-state index contributed by atoms with van der Waals surface area (Å²) in [5.41, 5.74) is 3.57. The Morgan fingerprint density at radius 2 is 2.11 bits per heavy atom. The average molecular weight is 398 g/mol. The first kappa shape index (κ1) is 19.8. The number of thiazole rings is 1. The second kappa shape index (κ2) is 9.27. The van der Waals surface area contributed by atoms with Crippen molar-refractivity contribution in [3.63, 3.8) is 0 Å². The lowest BCUT2D eigenvalue weighted by Gasteiger charge is -2.06. The highest BCUT2D eigenvalue weighted by molar-refractivity contribution is 7.09. The molecule has 2 heterocycles. The second-order valence-corrected chi connectivity index (χ2v) is 7.32. The third-order valence-electron chi connectivity index (χ3n) is 4.04. The van der Waals surface area contributed by atoms with Gasteiger partial charge < -0.3 is 10.1 Å². The number of esters is 1. The van der Waals surface area contributed by atoms with Crippen molar-refractivity contribution in [3.8, 4) is 0 Å². The molecule has 7 nitrogen and oxygen atoms in total. The Balaban J connectivity index is 1.50. The summed E-state index contributed by atoms with van der Waals surface area (Å²) in [5.74, 6) is -0.627. The van der Waals surface area contributed by atoms with Crippen molar-refractivity contribution in [3.05, 3.63) is 63.4 Å². The molecule has 28 heavy (non-hydrogen) atoms. The fraction of sp³-hybridized carbons (Fsp3) is 0.300. The first-order valence-corrected chi connectivity index (χ1v) is 9.93. The van der Waals surface area contributed by atoms with Crippen molar-refractivity contribution in [1.29, 1.82) is 0 Å². The molecule has 0 saturated heterocycles. The highest BCUT2D eigenvalue weighted by atomic mass is 32.1. The summed E-state index contributed by atoms with van der Waals surface area (Å²) in [5, 5.41) is 12.1. The van der Waals surface area contributed by atoms with Gasteiger partial charge in [-0.3, -0.25) is 9.89 Å². The van der Waals surface area contributed by atoms with E-state index in [1.165, 1.54) is 11.3 Å². The zero-order valence-electron chi connectivity index (χ0n) is 15.8. The van der Waals surface area contributed by atoms with Crippen LogP contribution in [0.4, 0.5) is 5.69 Å². The molecule has 2 N–H and O–H groups in total. The number of carbonyl (C=O) groups excluding carboxylic acids is 2. The van der Waals surface area contributed by atoms with E-state index in [1.54, 1.807) is 11.4 Å². The minimum atomic E-state index is -0.495. The van der Waals surface area contributed by atoms with Gasteiger partial charge in [0.1, 0.15) is 11.6 Å². The predicted molar refractivity (Wildman–Crippen MR) is 107 cm³/mol. The second-order valence-electron chi connectivity index (χ2n) is 6.38. The SMILES string of the molecule is CCCc1cc(C(=O)OCc2csc(CC(=O)Nc3ccccc3C)n2)n[nH]1. The maximum atomic E-state index is 12.2. The zero-order chi connectivity index (χ0) is 19.9. The average Bonchev–Trinajstić information content (AvgIpc) is 3.32. The van der Waals surface area contributed by atoms with Gasteiger partial charge in [0.15, 0.2) is 5.69 Å². The largest absolute Gasteiger partial charge is 0.454 e. The maximum absolute atomic E-state index is 12.2. The smallest absolute Gasteiger partial charge is 0.359 e. The van der Waals surface area contributed by atoms with Crippen LogP contribution in [0, 0.1) is 6.92 Å². The van der Waals surface area contributed by atoms with Gasteiger partial charge in [0.25, 0.3) is 0 Å². The van der Waals surface area contributed by atoms with Crippen molar-refractivity contribution in [2.75, 3.05) is 5.32 Å². The van der Waals surface area contributed by atoms with Gasteiger partial charge in [0.2, 0.25) is 5.91 Å². The molecule has 0 radical (unpaired) electrons. The molecule has 3 aromatic rings. The van der Waals surface area contributed by atoms with Crippen LogP contribution in [0.3, 0.4) is 0 Å². The monoisotopic (exact) mass is 398 g/mol. The molecule has 0 atom stereocenters. The molecule has 0 aliphatic heterocycles. The lowest BCUT2D eigenvalue weighted by atomic mass is 10.2. The first-order valence-electron chi connectivity index (χ1n) is 9.05. The fourth-order valence-corrected chi connectivity index (χ4v) is 3.40. The molecule has 146 valence electrons. The summed E-state index contributed by atoms with van der Waals surface area (Å²) in [6.45, 7) is 4.04. The third-order valence-corrected chi connectivity index (χ3v) is 4.94. The molecular formula is C20H22N4O3S. The number of aromatic nitrogens is 3. The van der Waals surface area contributed by atoms with Crippen LogP contribution in [0.5, 0.6) is 0 Å². The number of para-hydroxylation sites is 1. The van der Waals surface area contributed by atoms with E-state index in [1.807, 2.05) is 31.2 Å². The van der Waals surface area contributed by atoms with Crippen molar-refractivity contribution >= 4 is 28.9 Å². The number of nitrogens with zero attached hydrogens (tertiary/aromatic N) is 2. The summed E-state index contributed by atoms with van der Waals surface area (Å²) >= 11 is 1.37. The lowest BCUT2D eigenvalue weighted by Crippen LogP contribution is -2.15. The number of nitrogens with one attached hydrogen (secondary N) is 2. The molecule has 0 fully saturated rings. The van der Waals surface area contributed by atoms with E-state index >= 15 is 0 Å². The minimum Gasteiger partial charge on any atom is -0.454 e. The minimum absolute atomic E-state index is 0.0463. The summed E-state index contributed by atoms with van der Waals surface area (Å²) in [6.07, 6.45) is 1.97. The van der Waals surface area contributed by atoms with Gasteiger partial charge in [0.05, 0.1) is 12.1 Å². The number of hydrogen-bond acceptors (Lipinski definition) is 6. The van der Waals surface area contributed by atoms with Gasteiger partial charge in [0, 0.05) is 16.8 Å². The summed E-state index contributed by atoms with van der Waals surface area (Å²) in [6, 6.07) is 9.31. The molecule has 0 saturated carbocycles. The van der Waals surface area contributed by atoms with Crippen molar-refractivity contribution in [2.24, 2.45) is 0 Å². The van der Waals surface area contributed by atoms with Gasteiger partial charge in [-0.25, -0.2) is 9.78 Å². The maximum Gasteiger partial charge on any atom is 0.359 e. The molecule has 2 aromatic heterocycles. The third kappa shape index (κ3) is 5.26. The van der Waals surface area contributed by atoms with Crippen LogP contribution in [0.15, 0.2) is 35.7 Å². The highest BCUT2D eigenvalue weighted by Crippen LogP contribution is 2.16. The van der Waals surface area contributed by atoms with E-state index in [9.17, 15) is 9.59 Å². The zero-order valence-corrected chi connectivity index (χ0v) is 16.6. The van der Waals surface area contributed by atoms with Gasteiger partial charge >= 0.3 is 5.97 Å². The standard InChI is InChI=1S/C20H22N4O3S/c1-3-6-14-9-17(24-23-14)20(26)27-11-15-12-28-19(21-15)10-18(25)22-16-8-5-4-7-13(16)2/h4-5,7-9,12H,3,6,10-11H2,1-2H3,(H,22,25)(H,23,24). The van der Waals surface area contributed by atoms with E-state index in [0.29, 0.717) is 10.7 Å². The summed E-state index contributed by atoms with van der Waals surface area (Å²) in [7, 11) is 0. The number of aryl methyl sites for hydroxylation is 2. The summed E-state index contributed by atoms with van der Waals surface area (Å²) in [4.78, 5) is 28.6. The Labute approximate surface area is 167 Å². The van der Waals surface area contributed by atoms with Gasteiger partial charge in [-0.15, -0.1) is 11.3 Å². The topological polar surface area (TPSA) is 97.0 Å². The number of H-pyrrole nitrogens is 1. The fourth-order valence-electron chi connectivity index (χ4n) is 2.62. The normalized spacial score (nSPS) is 10.6. The quantitative estimate of drug-likeness (QED) is 0.564. The van der Waals surface area contributed by atoms with Crippen LogP contribution in [0.25, 0.3) is 0 Å². The van der Waals surface area contributed by atoms with Crippen LogP contribution in [0.1, 0.15) is 45.8 Å². The van der Waals surface area contributed by atoms with E-state index in [-0.39, 0.29) is 24.6 Å². The lowest BCUT2D eigenvalue weighted by molar-refractivity contribution is -0.115. The van der Waals surface area contributed by atoms with E-state index in [4.69, 9.17) is 4.74 Å². The van der Waals surface area contributed by atoms with Crippen LogP contribution in [-0.2, 0) is 29.0 Å². The van der Waals surface area contributed by atoms with Gasteiger partial charge in [-0.1, -0.05) is 31.5 Å². The van der Waals surface area contributed by atoms with Crippen LogP contribution < -0.4 is 5.32 Å². The Bertz CT molecular complexity index is 964. The Morgan fingerprint density at radius 3 is 2.89 bits per heavy atom. The number of hydrogen-bond donors (Lipinski definition) is 2. The predicted octanol–water partition coefficient (Wildman–Crippen LogP) is 3.67. The summed E-state index contributed by atoms with van der Waals surface area (Å²) < 4.78 is 5.26. The van der Waals surface area contributed by atoms with Gasteiger partial charge in [-0.2, -0.15) is 5.10 Å². The molecule has 0 spiro atoms. The number of rotatable bonds is 8. The van der Waals surface area contributed by atoms with Crippen LogP contribution in [-0.4, -0.2) is 27.1 Å². The Morgan fingerprint density at radius 1 is 1.29 bits per heavy atom. The van der Waals surface area contributed by atoms with E-state index < -0.39 is 5.97 Å². The van der Waals surface area contributed by atoms with Crippen LogP contribution in [0.2, 0.25) is 0 Å². The van der Waals surface area contributed by atoms with Gasteiger partial charge in [-0.05, 0) is 31.0 Å². The molecule has 8 heteroatoms. The number of aromatic amines is 1. The molecule has 1 amide bonds. The molecule has 1 aromatic carbocycles. The van der Waals surface area contributed by atoms with Crippen molar-refractivity contribution in [1.82, 2.24) is 15.2 Å². The molecule has 0 unspecified atom stereocenters. The number of amides is 1. The van der Waals surface area contributed by atoms with Crippen molar-refractivity contribution in [2.45, 2.75) is 39.7 Å². The molecule has 0 aliphatic rings. The Kier molecular flexibility index (Phi) is 6.54. The molecule has 3 rings (SSSR count).